The minimum Gasteiger partial charge on any atom is -0.378 e. The van der Waals surface area contributed by atoms with Crippen molar-refractivity contribution in [3.8, 4) is 0 Å². The van der Waals surface area contributed by atoms with Gasteiger partial charge in [0.2, 0.25) is 0 Å². The number of carbonyl (C=O) groups is 1. The second kappa shape index (κ2) is 5.52. The van der Waals surface area contributed by atoms with E-state index in [1.54, 1.807) is 6.07 Å². The lowest BCUT2D eigenvalue weighted by Gasteiger charge is -2.29. The smallest absolute Gasteiger partial charge is 0.162 e. The maximum absolute atomic E-state index is 11.7. The SMILES string of the molecule is CCC(=O)c1cc(Cl)cc(N2CCOCC2)c1. The number of carbonyl (C=O) groups excluding carboxylic acids is 1. The van der Waals surface area contributed by atoms with Crippen molar-refractivity contribution < 1.29 is 9.53 Å². The van der Waals surface area contributed by atoms with Crippen LogP contribution in [0, 0.1) is 0 Å². The summed E-state index contributed by atoms with van der Waals surface area (Å²) in [4.78, 5) is 13.9. The van der Waals surface area contributed by atoms with Crippen molar-refractivity contribution in [2.24, 2.45) is 0 Å². The predicted octanol–water partition coefficient (Wildman–Crippen LogP) is 2.77. The van der Waals surface area contributed by atoms with E-state index in [0.29, 0.717) is 17.0 Å². The largest absolute Gasteiger partial charge is 0.378 e. The molecule has 0 bridgehead atoms. The lowest BCUT2D eigenvalue weighted by molar-refractivity contribution is 0.0988. The minimum atomic E-state index is 0.127. The van der Waals surface area contributed by atoms with E-state index in [-0.39, 0.29) is 5.78 Å². The van der Waals surface area contributed by atoms with E-state index < -0.39 is 0 Å². The van der Waals surface area contributed by atoms with Crippen molar-refractivity contribution in [3.05, 3.63) is 28.8 Å². The Bertz CT molecular complexity index is 414. The molecule has 0 amide bonds. The van der Waals surface area contributed by atoms with E-state index in [9.17, 15) is 4.79 Å². The third-order valence-electron chi connectivity index (χ3n) is 2.90. The fourth-order valence-electron chi connectivity index (χ4n) is 1.94. The molecule has 2 rings (SSSR count). The molecule has 0 radical (unpaired) electrons. The van der Waals surface area contributed by atoms with Crippen LogP contribution in [0.15, 0.2) is 18.2 Å². The second-order valence-electron chi connectivity index (χ2n) is 4.07. The van der Waals surface area contributed by atoms with Crippen LogP contribution in [-0.2, 0) is 4.74 Å². The summed E-state index contributed by atoms with van der Waals surface area (Å²) < 4.78 is 5.31. The molecule has 1 saturated heterocycles. The Morgan fingerprint density at radius 3 is 2.71 bits per heavy atom. The third kappa shape index (κ3) is 2.99. The summed E-state index contributed by atoms with van der Waals surface area (Å²) in [5.74, 6) is 0.127. The summed E-state index contributed by atoms with van der Waals surface area (Å²) in [5.41, 5.74) is 1.71. The van der Waals surface area contributed by atoms with Crippen molar-refractivity contribution in [2.45, 2.75) is 13.3 Å². The highest BCUT2D eigenvalue weighted by atomic mass is 35.5. The first kappa shape index (κ1) is 12.4. The molecule has 0 atom stereocenters. The molecule has 0 saturated carbocycles. The Morgan fingerprint density at radius 1 is 1.35 bits per heavy atom. The van der Waals surface area contributed by atoms with Crippen LogP contribution in [0.1, 0.15) is 23.7 Å². The maximum atomic E-state index is 11.7. The summed E-state index contributed by atoms with van der Waals surface area (Å²) in [6.07, 6.45) is 0.503. The molecule has 1 aromatic carbocycles. The van der Waals surface area contributed by atoms with Crippen LogP contribution >= 0.6 is 11.6 Å². The topological polar surface area (TPSA) is 29.5 Å². The number of anilines is 1. The van der Waals surface area contributed by atoms with Gasteiger partial charge in [-0.2, -0.15) is 0 Å². The average Bonchev–Trinajstić information content (AvgIpc) is 2.38. The fraction of sp³-hybridized carbons (Fsp3) is 0.462. The van der Waals surface area contributed by atoms with Gasteiger partial charge in [-0.05, 0) is 18.2 Å². The molecule has 0 spiro atoms. The number of ether oxygens (including phenoxy) is 1. The molecule has 4 heteroatoms. The molecule has 0 aliphatic carbocycles. The maximum Gasteiger partial charge on any atom is 0.162 e. The normalized spacial score (nSPS) is 16.0. The van der Waals surface area contributed by atoms with Crippen LogP contribution in [0.4, 0.5) is 5.69 Å². The van der Waals surface area contributed by atoms with Crippen molar-refractivity contribution in [1.29, 1.82) is 0 Å². The van der Waals surface area contributed by atoms with Gasteiger partial charge in [-0.15, -0.1) is 0 Å². The predicted molar refractivity (Wildman–Crippen MR) is 69.1 cm³/mol. The number of rotatable bonds is 3. The van der Waals surface area contributed by atoms with E-state index in [1.807, 2.05) is 19.1 Å². The molecule has 3 nitrogen and oxygen atoms in total. The van der Waals surface area contributed by atoms with E-state index >= 15 is 0 Å². The molecule has 17 heavy (non-hydrogen) atoms. The number of halogens is 1. The van der Waals surface area contributed by atoms with Crippen LogP contribution in [0.2, 0.25) is 5.02 Å². The molecule has 1 aliphatic rings. The Hall–Kier alpha value is -1.06. The fourth-order valence-corrected chi connectivity index (χ4v) is 2.17. The molecule has 0 N–H and O–H groups in total. The van der Waals surface area contributed by atoms with Crippen LogP contribution in [0.3, 0.4) is 0 Å². The quantitative estimate of drug-likeness (QED) is 0.776. The first-order valence-corrected chi connectivity index (χ1v) is 6.25. The van der Waals surface area contributed by atoms with Crippen LogP contribution in [0.25, 0.3) is 0 Å². The first-order chi connectivity index (χ1) is 8.20. The number of benzene rings is 1. The highest BCUT2D eigenvalue weighted by molar-refractivity contribution is 6.31. The Kier molecular flexibility index (Phi) is 4.02. The van der Waals surface area contributed by atoms with Gasteiger partial charge in [0.25, 0.3) is 0 Å². The molecule has 1 fully saturated rings. The van der Waals surface area contributed by atoms with Crippen LogP contribution < -0.4 is 4.90 Å². The van der Waals surface area contributed by atoms with Crippen LogP contribution in [-0.4, -0.2) is 32.1 Å². The number of hydrogen-bond acceptors (Lipinski definition) is 3. The first-order valence-electron chi connectivity index (χ1n) is 5.87. The van der Waals surface area contributed by atoms with Gasteiger partial charge >= 0.3 is 0 Å². The van der Waals surface area contributed by atoms with Crippen molar-refractivity contribution in [2.75, 3.05) is 31.2 Å². The lowest BCUT2D eigenvalue weighted by Crippen LogP contribution is -2.36. The highest BCUT2D eigenvalue weighted by Crippen LogP contribution is 2.24. The zero-order valence-electron chi connectivity index (χ0n) is 9.91. The summed E-state index contributed by atoms with van der Waals surface area (Å²) >= 11 is 6.06. The highest BCUT2D eigenvalue weighted by Gasteiger charge is 2.14. The van der Waals surface area contributed by atoms with Gasteiger partial charge < -0.3 is 9.64 Å². The van der Waals surface area contributed by atoms with Gasteiger partial charge in [-0.25, -0.2) is 0 Å². The Labute approximate surface area is 106 Å². The van der Waals surface area contributed by atoms with Gasteiger partial charge in [-0.3, -0.25) is 4.79 Å². The number of Topliss-reactive ketones (excluding diaryl/α,β-unsaturated/α-hetero) is 1. The molecule has 1 aliphatic heterocycles. The van der Waals surface area contributed by atoms with Gasteiger partial charge in [0.1, 0.15) is 0 Å². The molecular weight excluding hydrogens is 238 g/mol. The average molecular weight is 254 g/mol. The molecule has 0 aromatic heterocycles. The van der Waals surface area contributed by atoms with E-state index in [1.165, 1.54) is 0 Å². The standard InChI is InChI=1S/C13H16ClNO2/c1-2-13(16)10-7-11(14)9-12(8-10)15-3-5-17-6-4-15/h7-9H,2-6H2,1H3. The van der Waals surface area contributed by atoms with Gasteiger partial charge in [-0.1, -0.05) is 18.5 Å². The number of nitrogens with zero attached hydrogens (tertiary/aromatic N) is 1. The van der Waals surface area contributed by atoms with E-state index in [0.717, 1.165) is 32.0 Å². The van der Waals surface area contributed by atoms with E-state index in [4.69, 9.17) is 16.3 Å². The van der Waals surface area contributed by atoms with Crippen molar-refractivity contribution in [1.82, 2.24) is 0 Å². The Morgan fingerprint density at radius 2 is 2.06 bits per heavy atom. The number of morpholine rings is 1. The monoisotopic (exact) mass is 253 g/mol. The molecule has 0 unspecified atom stereocenters. The van der Waals surface area contributed by atoms with Gasteiger partial charge in [0.05, 0.1) is 13.2 Å². The second-order valence-corrected chi connectivity index (χ2v) is 4.51. The molecule has 92 valence electrons. The van der Waals surface area contributed by atoms with Gasteiger partial charge in [0.15, 0.2) is 5.78 Å². The summed E-state index contributed by atoms with van der Waals surface area (Å²) in [6, 6.07) is 5.56. The molecular formula is C13H16ClNO2. The zero-order valence-corrected chi connectivity index (χ0v) is 10.7. The van der Waals surface area contributed by atoms with Crippen LogP contribution in [0.5, 0.6) is 0 Å². The lowest BCUT2D eigenvalue weighted by atomic mass is 10.1. The zero-order chi connectivity index (χ0) is 12.3. The Balaban J connectivity index is 2.27. The van der Waals surface area contributed by atoms with Crippen molar-refractivity contribution in [3.63, 3.8) is 0 Å². The summed E-state index contributed by atoms with van der Waals surface area (Å²) in [6.45, 7) is 5.00. The molecule has 1 heterocycles. The minimum absolute atomic E-state index is 0.127. The summed E-state index contributed by atoms with van der Waals surface area (Å²) in [5, 5.41) is 0.616. The number of ketones is 1. The third-order valence-corrected chi connectivity index (χ3v) is 3.12. The molecule has 1 aromatic rings. The van der Waals surface area contributed by atoms with E-state index in [2.05, 4.69) is 4.90 Å². The van der Waals surface area contributed by atoms with Crippen molar-refractivity contribution >= 4 is 23.1 Å². The summed E-state index contributed by atoms with van der Waals surface area (Å²) in [7, 11) is 0. The number of hydrogen-bond donors (Lipinski definition) is 0. The van der Waals surface area contributed by atoms with Gasteiger partial charge in [0, 0.05) is 35.8 Å².